The van der Waals surface area contributed by atoms with Crippen molar-refractivity contribution >= 4 is 33.2 Å². The summed E-state index contributed by atoms with van der Waals surface area (Å²) in [6, 6.07) is 11.6. The van der Waals surface area contributed by atoms with Gasteiger partial charge in [-0.05, 0) is 55.0 Å². The molecule has 1 aromatic heterocycles. The minimum absolute atomic E-state index is 0.167. The van der Waals surface area contributed by atoms with Crippen molar-refractivity contribution in [3.63, 3.8) is 0 Å². The zero-order valence-corrected chi connectivity index (χ0v) is 19.5. The largest absolute Gasteiger partial charge is 0.379 e. The summed E-state index contributed by atoms with van der Waals surface area (Å²) in [4.78, 5) is 16.8. The van der Waals surface area contributed by atoms with E-state index in [1.807, 2.05) is 6.92 Å². The minimum atomic E-state index is -3.57. The number of morpholine rings is 1. The Morgan fingerprint density at radius 2 is 1.88 bits per heavy atom. The molecule has 1 N–H and O–H groups in total. The van der Waals surface area contributed by atoms with Crippen LogP contribution in [0.4, 0.5) is 5.69 Å². The van der Waals surface area contributed by atoms with Gasteiger partial charge < -0.3 is 14.6 Å². The predicted molar refractivity (Wildman–Crippen MR) is 122 cm³/mol. The molecule has 0 radical (unpaired) electrons. The van der Waals surface area contributed by atoms with E-state index in [9.17, 15) is 13.2 Å². The molecule has 33 heavy (non-hydrogen) atoms. The van der Waals surface area contributed by atoms with E-state index in [0.29, 0.717) is 54.3 Å². The number of benzene rings is 2. The first kappa shape index (κ1) is 23.4. The van der Waals surface area contributed by atoms with Crippen LogP contribution in [0, 0.1) is 6.92 Å². The number of hydrogen-bond donors (Lipinski definition) is 1. The quantitative estimate of drug-likeness (QED) is 0.540. The van der Waals surface area contributed by atoms with E-state index in [4.69, 9.17) is 20.9 Å². The van der Waals surface area contributed by atoms with Crippen molar-refractivity contribution in [1.82, 2.24) is 14.4 Å². The lowest BCUT2D eigenvalue weighted by molar-refractivity contribution is -0.116. The summed E-state index contributed by atoms with van der Waals surface area (Å²) < 4.78 is 37.4. The highest BCUT2D eigenvalue weighted by atomic mass is 35.5. The molecule has 2 heterocycles. The predicted octanol–water partition coefficient (Wildman–Crippen LogP) is 3.29. The van der Waals surface area contributed by atoms with E-state index < -0.39 is 10.0 Å². The zero-order chi connectivity index (χ0) is 23.4. The van der Waals surface area contributed by atoms with Crippen LogP contribution in [0.1, 0.15) is 17.9 Å². The maximum Gasteiger partial charge on any atom is 0.243 e. The van der Waals surface area contributed by atoms with Gasteiger partial charge in [0.05, 0.1) is 18.1 Å². The Kier molecular flexibility index (Phi) is 7.08. The average molecular weight is 491 g/mol. The molecule has 3 aromatic rings. The van der Waals surface area contributed by atoms with Crippen LogP contribution in [0.2, 0.25) is 5.02 Å². The summed E-state index contributed by atoms with van der Waals surface area (Å²) in [6.07, 6.45) is 0.440. The molecule has 1 aliphatic heterocycles. The Balaban J connectivity index is 1.36. The first-order chi connectivity index (χ1) is 15.8. The zero-order valence-electron chi connectivity index (χ0n) is 18.0. The number of ether oxygens (including phenoxy) is 1. The van der Waals surface area contributed by atoms with Gasteiger partial charge >= 0.3 is 0 Å². The number of anilines is 1. The van der Waals surface area contributed by atoms with E-state index in [0.717, 1.165) is 5.56 Å². The number of sulfonamides is 1. The molecule has 0 spiro atoms. The summed E-state index contributed by atoms with van der Waals surface area (Å²) in [6.45, 7) is 3.32. The molecule has 1 amide bonds. The van der Waals surface area contributed by atoms with Crippen LogP contribution in [0.25, 0.3) is 11.4 Å². The fourth-order valence-electron chi connectivity index (χ4n) is 3.39. The van der Waals surface area contributed by atoms with Crippen LogP contribution in [-0.4, -0.2) is 55.1 Å². The number of rotatable bonds is 7. The second-order valence-corrected chi connectivity index (χ2v) is 9.93. The molecular formula is C22H23ClN4O5S. The van der Waals surface area contributed by atoms with Gasteiger partial charge in [-0.15, -0.1) is 0 Å². The van der Waals surface area contributed by atoms with Gasteiger partial charge in [-0.25, -0.2) is 8.42 Å². The minimum Gasteiger partial charge on any atom is -0.379 e. The average Bonchev–Trinajstić information content (AvgIpc) is 3.29. The number of nitrogens with zero attached hydrogens (tertiary/aromatic N) is 3. The smallest absolute Gasteiger partial charge is 0.243 e. The van der Waals surface area contributed by atoms with Crippen LogP contribution in [0.5, 0.6) is 0 Å². The van der Waals surface area contributed by atoms with Crippen molar-refractivity contribution in [3.05, 3.63) is 58.9 Å². The highest BCUT2D eigenvalue weighted by Gasteiger charge is 2.26. The molecule has 1 aliphatic rings. The fraction of sp³-hybridized carbons (Fsp3) is 0.318. The van der Waals surface area contributed by atoms with Gasteiger partial charge in [0.15, 0.2) is 0 Å². The number of carbonyl (C=O) groups excluding carboxylic acids is 1. The van der Waals surface area contributed by atoms with Crippen molar-refractivity contribution in [2.24, 2.45) is 0 Å². The van der Waals surface area contributed by atoms with Crippen molar-refractivity contribution in [2.45, 2.75) is 24.7 Å². The number of aromatic nitrogens is 2. The van der Waals surface area contributed by atoms with Gasteiger partial charge in [-0.3, -0.25) is 4.79 Å². The molecule has 9 nitrogen and oxygen atoms in total. The number of amides is 1. The van der Waals surface area contributed by atoms with Crippen molar-refractivity contribution in [1.29, 1.82) is 0 Å². The first-order valence-electron chi connectivity index (χ1n) is 10.4. The molecule has 1 saturated heterocycles. The monoisotopic (exact) mass is 490 g/mol. The molecular weight excluding hydrogens is 468 g/mol. The van der Waals surface area contributed by atoms with Gasteiger partial charge in [0, 0.05) is 42.2 Å². The van der Waals surface area contributed by atoms with Gasteiger partial charge in [-0.1, -0.05) is 16.8 Å². The third kappa shape index (κ3) is 5.59. The second kappa shape index (κ2) is 10.0. The summed E-state index contributed by atoms with van der Waals surface area (Å²) in [5.74, 6) is 0.463. The normalized spacial score (nSPS) is 14.8. The Morgan fingerprint density at radius 3 is 2.58 bits per heavy atom. The second-order valence-electron chi connectivity index (χ2n) is 7.56. The first-order valence-corrected chi connectivity index (χ1v) is 12.2. The van der Waals surface area contributed by atoms with E-state index in [1.165, 1.54) is 16.4 Å². The van der Waals surface area contributed by atoms with Crippen molar-refractivity contribution < 1.29 is 22.5 Å². The Labute approximate surface area is 196 Å². The van der Waals surface area contributed by atoms with Crippen molar-refractivity contribution in [2.75, 3.05) is 31.6 Å². The number of carbonyl (C=O) groups is 1. The van der Waals surface area contributed by atoms with Crippen LogP contribution in [0.3, 0.4) is 0 Å². The SMILES string of the molecule is Cc1cc(Cl)ccc1NC(=O)CCc1nc(-c2ccc(S(=O)(=O)N3CCOCC3)cc2)no1. The Morgan fingerprint density at radius 1 is 1.15 bits per heavy atom. The Bertz CT molecular complexity index is 1240. The lowest BCUT2D eigenvalue weighted by Crippen LogP contribution is -2.40. The topological polar surface area (TPSA) is 115 Å². The van der Waals surface area contributed by atoms with Crippen molar-refractivity contribution in [3.8, 4) is 11.4 Å². The van der Waals surface area contributed by atoms with Crippen LogP contribution < -0.4 is 5.32 Å². The maximum absolute atomic E-state index is 12.7. The molecule has 0 bridgehead atoms. The summed E-state index contributed by atoms with van der Waals surface area (Å²) in [5, 5.41) is 7.39. The third-order valence-corrected chi connectivity index (χ3v) is 7.36. The third-order valence-electron chi connectivity index (χ3n) is 5.22. The number of hydrogen-bond acceptors (Lipinski definition) is 7. The van der Waals surface area contributed by atoms with Crippen LogP contribution in [0.15, 0.2) is 51.9 Å². The Hall–Kier alpha value is -2.79. The van der Waals surface area contributed by atoms with E-state index in [1.54, 1.807) is 30.3 Å². The summed E-state index contributed by atoms with van der Waals surface area (Å²) in [5.41, 5.74) is 2.19. The molecule has 1 fully saturated rings. The molecule has 0 unspecified atom stereocenters. The summed E-state index contributed by atoms with van der Waals surface area (Å²) in [7, 11) is -3.57. The lowest BCUT2D eigenvalue weighted by Gasteiger charge is -2.26. The summed E-state index contributed by atoms with van der Waals surface area (Å²) >= 11 is 5.94. The standard InChI is InChI=1S/C22H23ClN4O5S/c1-15-14-17(23)4-7-19(15)24-20(28)8-9-21-25-22(26-32-21)16-2-5-18(6-3-16)33(29,30)27-10-12-31-13-11-27/h2-7,14H,8-13H2,1H3,(H,24,28). The van der Waals surface area contributed by atoms with E-state index >= 15 is 0 Å². The van der Waals surface area contributed by atoms with Gasteiger partial charge in [0.1, 0.15) is 0 Å². The number of nitrogens with one attached hydrogen (secondary N) is 1. The maximum atomic E-state index is 12.7. The van der Waals surface area contributed by atoms with E-state index in [2.05, 4.69) is 15.5 Å². The van der Waals surface area contributed by atoms with E-state index in [-0.39, 0.29) is 23.6 Å². The fourth-order valence-corrected chi connectivity index (χ4v) is 5.02. The highest BCUT2D eigenvalue weighted by Crippen LogP contribution is 2.23. The molecule has 11 heteroatoms. The molecule has 2 aromatic carbocycles. The molecule has 0 saturated carbocycles. The van der Waals surface area contributed by atoms with Crippen LogP contribution >= 0.6 is 11.6 Å². The van der Waals surface area contributed by atoms with Gasteiger partial charge in [0.2, 0.25) is 27.6 Å². The van der Waals surface area contributed by atoms with Gasteiger partial charge in [-0.2, -0.15) is 9.29 Å². The molecule has 4 rings (SSSR count). The number of aryl methyl sites for hydroxylation is 2. The highest BCUT2D eigenvalue weighted by molar-refractivity contribution is 7.89. The molecule has 0 aliphatic carbocycles. The number of halogens is 1. The molecule has 0 atom stereocenters. The lowest BCUT2D eigenvalue weighted by atomic mass is 10.2. The van der Waals surface area contributed by atoms with Gasteiger partial charge in [0.25, 0.3) is 0 Å². The molecule has 174 valence electrons. The van der Waals surface area contributed by atoms with Crippen LogP contribution in [-0.2, 0) is 26.0 Å².